The van der Waals surface area contributed by atoms with Crippen molar-refractivity contribution in [3.63, 3.8) is 0 Å². The van der Waals surface area contributed by atoms with E-state index < -0.39 is 6.61 Å². The molecule has 1 unspecified atom stereocenters. The number of nitrogens with one attached hydrogen (secondary N) is 3. The van der Waals surface area contributed by atoms with Gasteiger partial charge in [0.15, 0.2) is 5.96 Å². The van der Waals surface area contributed by atoms with Crippen LogP contribution in [0.1, 0.15) is 45.4 Å². The van der Waals surface area contributed by atoms with E-state index in [1.165, 1.54) is 19.3 Å². The molecule has 3 rings (SSSR count). The van der Waals surface area contributed by atoms with Gasteiger partial charge in [0.2, 0.25) is 5.91 Å². The molecule has 9 heteroatoms. The molecule has 1 heterocycles. The summed E-state index contributed by atoms with van der Waals surface area (Å²) < 4.78 is 30.1. The number of benzene rings is 1. The molecular weight excluding hydrogens is 404 g/mol. The number of rotatable bonds is 8. The molecule has 3 N–H and O–H groups in total. The Labute approximate surface area is 182 Å². The van der Waals surface area contributed by atoms with Crippen molar-refractivity contribution in [1.82, 2.24) is 16.0 Å². The van der Waals surface area contributed by atoms with Crippen LogP contribution in [0.2, 0.25) is 0 Å². The highest BCUT2D eigenvalue weighted by Gasteiger charge is 2.26. The van der Waals surface area contributed by atoms with Gasteiger partial charge in [-0.15, -0.1) is 0 Å². The van der Waals surface area contributed by atoms with Gasteiger partial charge in [0.05, 0.1) is 5.69 Å². The Morgan fingerprint density at radius 3 is 2.68 bits per heavy atom. The lowest BCUT2D eigenvalue weighted by Gasteiger charge is -2.23. The Morgan fingerprint density at radius 2 is 1.94 bits per heavy atom. The zero-order chi connectivity index (χ0) is 22.1. The number of para-hydroxylation sites is 2. The molecule has 1 saturated heterocycles. The van der Waals surface area contributed by atoms with Crippen LogP contribution in [0.25, 0.3) is 0 Å². The number of anilines is 1. The first-order valence-electron chi connectivity index (χ1n) is 11.2. The van der Waals surface area contributed by atoms with Gasteiger partial charge in [-0.2, -0.15) is 8.78 Å². The Morgan fingerprint density at radius 1 is 1.16 bits per heavy atom. The second-order valence-electron chi connectivity index (χ2n) is 8.02. The summed E-state index contributed by atoms with van der Waals surface area (Å²) in [5, 5.41) is 9.62. The molecule has 1 atom stereocenters. The van der Waals surface area contributed by atoms with Gasteiger partial charge in [-0.25, -0.2) is 4.99 Å². The topological polar surface area (TPSA) is 78.0 Å². The zero-order valence-corrected chi connectivity index (χ0v) is 18.1. The number of alkyl halides is 2. The summed E-state index contributed by atoms with van der Waals surface area (Å²) in [5.41, 5.74) is 0.654. The number of hydrogen-bond donors (Lipinski definition) is 3. The van der Waals surface area contributed by atoms with E-state index in [0.717, 1.165) is 19.3 Å². The first kappa shape index (κ1) is 23.1. The molecule has 31 heavy (non-hydrogen) atoms. The minimum Gasteiger partial charge on any atom is -0.433 e. The van der Waals surface area contributed by atoms with Crippen molar-refractivity contribution in [2.75, 3.05) is 31.1 Å². The average Bonchev–Trinajstić information content (AvgIpc) is 3.21. The Kier molecular flexibility index (Phi) is 8.73. The number of ether oxygens (including phenoxy) is 1. The monoisotopic (exact) mass is 437 g/mol. The zero-order valence-electron chi connectivity index (χ0n) is 18.1. The summed E-state index contributed by atoms with van der Waals surface area (Å²) >= 11 is 0. The van der Waals surface area contributed by atoms with Crippen molar-refractivity contribution >= 4 is 17.6 Å². The molecule has 0 radical (unpaired) electrons. The SMILES string of the molecule is CCNC(=NCC(=O)NC1CCCCC1)NC1CCN(c2ccccc2OC(F)F)C1. The van der Waals surface area contributed by atoms with Gasteiger partial charge in [-0.05, 0) is 38.3 Å². The van der Waals surface area contributed by atoms with Gasteiger partial charge in [0.1, 0.15) is 12.3 Å². The van der Waals surface area contributed by atoms with Gasteiger partial charge >= 0.3 is 6.61 Å². The number of nitrogens with zero attached hydrogens (tertiary/aromatic N) is 2. The molecular formula is C22H33F2N5O2. The minimum atomic E-state index is -2.86. The summed E-state index contributed by atoms with van der Waals surface area (Å²) in [6, 6.07) is 7.18. The van der Waals surface area contributed by atoms with E-state index in [1.807, 2.05) is 17.9 Å². The number of halogens is 2. The smallest absolute Gasteiger partial charge is 0.387 e. The second kappa shape index (κ2) is 11.7. The predicted molar refractivity (Wildman–Crippen MR) is 118 cm³/mol. The predicted octanol–water partition coefficient (Wildman–Crippen LogP) is 2.87. The Balaban J connectivity index is 1.53. The molecule has 1 amide bonds. The number of hydrogen-bond acceptors (Lipinski definition) is 4. The molecule has 2 aliphatic rings. The lowest BCUT2D eigenvalue weighted by atomic mass is 9.95. The largest absolute Gasteiger partial charge is 0.433 e. The number of amides is 1. The third-order valence-electron chi connectivity index (χ3n) is 5.65. The van der Waals surface area contributed by atoms with E-state index in [1.54, 1.807) is 18.2 Å². The maximum absolute atomic E-state index is 12.7. The van der Waals surface area contributed by atoms with E-state index >= 15 is 0 Å². The molecule has 0 spiro atoms. The van der Waals surface area contributed by atoms with Crippen LogP contribution in [-0.2, 0) is 4.79 Å². The van der Waals surface area contributed by atoms with E-state index in [9.17, 15) is 13.6 Å². The highest BCUT2D eigenvalue weighted by atomic mass is 19.3. The van der Waals surface area contributed by atoms with Crippen molar-refractivity contribution in [2.45, 2.75) is 64.1 Å². The third kappa shape index (κ3) is 7.25. The summed E-state index contributed by atoms with van der Waals surface area (Å²) in [6.07, 6.45) is 6.49. The van der Waals surface area contributed by atoms with Crippen LogP contribution in [0.3, 0.4) is 0 Å². The third-order valence-corrected chi connectivity index (χ3v) is 5.65. The fourth-order valence-electron chi connectivity index (χ4n) is 4.20. The normalized spacial score (nSPS) is 20.1. The Bertz CT molecular complexity index is 740. The molecule has 172 valence electrons. The lowest BCUT2D eigenvalue weighted by molar-refractivity contribution is -0.120. The fraction of sp³-hybridized carbons (Fsp3) is 0.636. The van der Waals surface area contributed by atoms with Crippen molar-refractivity contribution in [3.05, 3.63) is 24.3 Å². The molecule has 1 aromatic carbocycles. The minimum absolute atomic E-state index is 0.0600. The molecule has 7 nitrogen and oxygen atoms in total. The number of carbonyl (C=O) groups is 1. The van der Waals surface area contributed by atoms with Crippen LogP contribution in [0, 0.1) is 0 Å². The van der Waals surface area contributed by atoms with Gasteiger partial charge in [-0.1, -0.05) is 31.4 Å². The van der Waals surface area contributed by atoms with Gasteiger partial charge < -0.3 is 25.6 Å². The van der Waals surface area contributed by atoms with Crippen LogP contribution in [0.5, 0.6) is 5.75 Å². The Hall–Kier alpha value is -2.58. The fourth-order valence-corrected chi connectivity index (χ4v) is 4.20. The second-order valence-corrected chi connectivity index (χ2v) is 8.02. The van der Waals surface area contributed by atoms with Crippen molar-refractivity contribution in [1.29, 1.82) is 0 Å². The van der Waals surface area contributed by atoms with Gasteiger partial charge in [0.25, 0.3) is 0 Å². The molecule has 1 aliphatic carbocycles. The van der Waals surface area contributed by atoms with E-state index in [2.05, 4.69) is 25.7 Å². The molecule has 0 aromatic heterocycles. The van der Waals surface area contributed by atoms with Crippen LogP contribution in [0.4, 0.5) is 14.5 Å². The van der Waals surface area contributed by atoms with E-state index in [0.29, 0.717) is 31.3 Å². The lowest BCUT2D eigenvalue weighted by Crippen LogP contribution is -2.45. The summed E-state index contributed by atoms with van der Waals surface area (Å²) in [5.74, 6) is 0.707. The average molecular weight is 438 g/mol. The first-order valence-corrected chi connectivity index (χ1v) is 11.2. The van der Waals surface area contributed by atoms with E-state index in [-0.39, 0.29) is 30.3 Å². The number of guanidine groups is 1. The number of carbonyl (C=O) groups excluding carboxylic acids is 1. The quantitative estimate of drug-likeness (QED) is 0.431. The van der Waals surface area contributed by atoms with Crippen molar-refractivity contribution in [2.24, 2.45) is 4.99 Å². The van der Waals surface area contributed by atoms with Crippen LogP contribution in [-0.4, -0.2) is 56.7 Å². The highest BCUT2D eigenvalue weighted by molar-refractivity contribution is 5.85. The highest BCUT2D eigenvalue weighted by Crippen LogP contribution is 2.31. The van der Waals surface area contributed by atoms with Crippen molar-refractivity contribution in [3.8, 4) is 5.75 Å². The number of aliphatic imine (C=N–C) groups is 1. The summed E-state index contributed by atoms with van der Waals surface area (Å²) in [7, 11) is 0. The standard InChI is InChI=1S/C22H33F2N5O2/c1-2-25-22(26-14-20(30)27-16-8-4-3-5-9-16)28-17-12-13-29(15-17)18-10-6-7-11-19(18)31-21(23)24/h6-7,10-11,16-17,21H,2-5,8-9,12-15H2,1H3,(H,27,30)(H2,25,26,28). The maximum atomic E-state index is 12.7. The van der Waals surface area contributed by atoms with Crippen LogP contribution in [0.15, 0.2) is 29.3 Å². The van der Waals surface area contributed by atoms with Crippen LogP contribution >= 0.6 is 0 Å². The first-order chi connectivity index (χ1) is 15.0. The van der Waals surface area contributed by atoms with E-state index in [4.69, 9.17) is 0 Å². The maximum Gasteiger partial charge on any atom is 0.387 e. The van der Waals surface area contributed by atoms with Crippen LogP contribution < -0.4 is 25.6 Å². The molecule has 1 aromatic rings. The van der Waals surface area contributed by atoms with Gasteiger partial charge in [-0.3, -0.25) is 4.79 Å². The summed E-state index contributed by atoms with van der Waals surface area (Å²) in [4.78, 5) is 18.7. The molecule has 2 fully saturated rings. The molecule has 0 bridgehead atoms. The summed E-state index contributed by atoms with van der Waals surface area (Å²) in [6.45, 7) is 1.21. The van der Waals surface area contributed by atoms with Crippen molar-refractivity contribution < 1.29 is 18.3 Å². The molecule has 1 aliphatic heterocycles. The van der Waals surface area contributed by atoms with Gasteiger partial charge in [0, 0.05) is 31.7 Å². The molecule has 1 saturated carbocycles.